The number of hydrogen-bond acceptors (Lipinski definition) is 10. The van der Waals surface area contributed by atoms with Crippen LogP contribution in [0.15, 0.2) is 12.3 Å². The highest BCUT2D eigenvalue weighted by atomic mass is 19.4. The Morgan fingerprint density at radius 2 is 1.64 bits per heavy atom. The van der Waals surface area contributed by atoms with Crippen molar-refractivity contribution in [1.29, 1.82) is 0 Å². The average Bonchev–Trinajstić information content (AvgIpc) is 3.46. The molecule has 3 fully saturated rings. The van der Waals surface area contributed by atoms with E-state index < -0.39 is 41.7 Å². The molecule has 1 aromatic heterocycles. The molecule has 4 N–H and O–H groups in total. The smallest absolute Gasteiger partial charge is 0.483 e. The van der Waals surface area contributed by atoms with Gasteiger partial charge in [0.25, 0.3) is 6.47 Å². The van der Waals surface area contributed by atoms with E-state index in [0.29, 0.717) is 52.2 Å². The maximum atomic E-state index is 13.9. The molecule has 22 heteroatoms. The van der Waals surface area contributed by atoms with Gasteiger partial charge < -0.3 is 39.9 Å². The van der Waals surface area contributed by atoms with Gasteiger partial charge in [0.2, 0.25) is 11.9 Å². The number of carboxylic acid groups (broad SMARTS) is 2. The molecule has 1 aliphatic carbocycles. The summed E-state index contributed by atoms with van der Waals surface area (Å²) >= 11 is 0. The number of carbonyl (C=O) groups excluding carboxylic acids is 1. The van der Waals surface area contributed by atoms with Crippen LogP contribution < -0.4 is 10.2 Å². The van der Waals surface area contributed by atoms with Crippen LogP contribution in [0.4, 0.5) is 45.5 Å². The minimum atomic E-state index is -5.08. The van der Waals surface area contributed by atoms with E-state index in [4.69, 9.17) is 29.3 Å². The van der Waals surface area contributed by atoms with Crippen LogP contribution in [0.3, 0.4) is 0 Å². The van der Waals surface area contributed by atoms with E-state index in [-0.39, 0.29) is 36.5 Å². The lowest BCUT2D eigenvalue weighted by atomic mass is 9.70. The van der Waals surface area contributed by atoms with Gasteiger partial charge in [0.05, 0.1) is 23.7 Å². The summed E-state index contributed by atoms with van der Waals surface area (Å²) in [5.74, 6) is -2.87. The highest BCUT2D eigenvalue weighted by Crippen LogP contribution is 2.48. The quantitative estimate of drug-likeness (QED) is 0.248. The van der Waals surface area contributed by atoms with Crippen molar-refractivity contribution in [3.8, 4) is 0 Å². The van der Waals surface area contributed by atoms with Gasteiger partial charge in [-0.25, -0.2) is 14.8 Å². The number of nitrogens with zero attached hydrogens (tertiary/aromatic N) is 4. The third kappa shape index (κ3) is 13.3. The fraction of sp³-hybridized carbons (Fsp3) is 0.750. The molecule has 2 aliphatic heterocycles. The van der Waals surface area contributed by atoms with Crippen LogP contribution in [0.25, 0.3) is 0 Å². The number of halogens is 9. The fourth-order valence-electron chi connectivity index (χ4n) is 5.71. The topological polar surface area (TPSA) is 175 Å². The summed E-state index contributed by atoms with van der Waals surface area (Å²) in [6.45, 7) is 1.90. The van der Waals surface area contributed by atoms with E-state index in [1.54, 1.807) is 30.8 Å². The largest absolute Gasteiger partial charge is 0.490 e. The first kappa shape index (κ1) is 44.5. The number of aromatic nitrogens is 2. The van der Waals surface area contributed by atoms with Crippen molar-refractivity contribution >= 4 is 24.3 Å². The van der Waals surface area contributed by atoms with Crippen molar-refractivity contribution in [2.75, 3.05) is 51.4 Å². The number of carboxylic acids is 1. The number of nitrogens with one attached hydrogen (secondary N) is 1. The Bertz CT molecular complexity index is 1210. The first-order valence-corrected chi connectivity index (χ1v) is 14.9. The molecular formula is C28H40F9N5O8. The molecule has 1 aromatic rings. The van der Waals surface area contributed by atoms with Gasteiger partial charge in [0.1, 0.15) is 5.69 Å². The maximum absolute atomic E-state index is 13.9. The Morgan fingerprint density at radius 3 is 2.10 bits per heavy atom. The molecule has 4 atom stereocenters. The van der Waals surface area contributed by atoms with Gasteiger partial charge in [-0.3, -0.25) is 9.59 Å². The first-order chi connectivity index (χ1) is 23.0. The van der Waals surface area contributed by atoms with Crippen molar-refractivity contribution in [2.24, 2.45) is 5.41 Å². The van der Waals surface area contributed by atoms with Crippen LogP contribution in [-0.4, -0.2) is 132 Å². The number of carbonyl (C=O) groups is 3. The van der Waals surface area contributed by atoms with Crippen LogP contribution >= 0.6 is 0 Å². The summed E-state index contributed by atoms with van der Waals surface area (Å²) < 4.78 is 111. The third-order valence-corrected chi connectivity index (χ3v) is 8.18. The van der Waals surface area contributed by atoms with E-state index in [1.165, 1.54) is 0 Å². The molecule has 2 saturated heterocycles. The molecule has 2 unspecified atom stereocenters. The van der Waals surface area contributed by atoms with Crippen LogP contribution in [0.5, 0.6) is 0 Å². The molecule has 13 nitrogen and oxygen atoms in total. The van der Waals surface area contributed by atoms with E-state index in [2.05, 4.69) is 15.3 Å². The summed E-state index contributed by atoms with van der Waals surface area (Å²) in [7, 11) is 1.66. The Kier molecular flexibility index (Phi) is 17.1. The molecule has 3 aliphatic rings. The number of piperazine rings is 1. The Hall–Kier alpha value is -3.50. The second-order valence-electron chi connectivity index (χ2n) is 11.7. The SMILES string of the molecule is COC1COCCC1N[C@@H]1CC[C@@](C(=O)N2CCN(c3nccc(C(F)(F)F)n3)CC2)(C(C)(C)O)C1.FC(F)F.O=C(O)C(F)(F)F.O=CO. The minimum Gasteiger partial charge on any atom is -0.483 e. The number of methoxy groups -OCH3 is 1. The lowest BCUT2D eigenvalue weighted by molar-refractivity contribution is -0.192. The second-order valence-corrected chi connectivity index (χ2v) is 11.7. The van der Waals surface area contributed by atoms with Gasteiger partial charge in [-0.15, -0.1) is 0 Å². The van der Waals surface area contributed by atoms with E-state index in [1.807, 2.05) is 0 Å². The molecule has 1 saturated carbocycles. The zero-order chi connectivity index (χ0) is 38.5. The van der Waals surface area contributed by atoms with Gasteiger partial charge in [0, 0.05) is 58.2 Å². The Labute approximate surface area is 280 Å². The molecule has 3 heterocycles. The number of amides is 1. The molecule has 288 valence electrons. The molecule has 4 rings (SSSR count). The number of alkyl halides is 9. The normalized spacial score (nSPS) is 24.2. The number of hydrogen-bond donors (Lipinski definition) is 4. The lowest BCUT2D eigenvalue weighted by Crippen LogP contribution is -2.59. The number of aliphatic hydroxyl groups is 1. The summed E-state index contributed by atoms with van der Waals surface area (Å²) in [5, 5.41) is 28.8. The van der Waals surface area contributed by atoms with Gasteiger partial charge in [-0.05, 0) is 45.6 Å². The van der Waals surface area contributed by atoms with E-state index in [9.17, 15) is 49.4 Å². The zero-order valence-corrected chi connectivity index (χ0v) is 27.2. The highest BCUT2D eigenvalue weighted by Gasteiger charge is 2.56. The number of aliphatic carboxylic acids is 1. The molecule has 0 radical (unpaired) electrons. The van der Waals surface area contributed by atoms with Crippen LogP contribution in [0, 0.1) is 5.41 Å². The Morgan fingerprint density at radius 1 is 1.10 bits per heavy atom. The first-order valence-electron chi connectivity index (χ1n) is 14.9. The molecule has 1 amide bonds. The third-order valence-electron chi connectivity index (χ3n) is 8.18. The van der Waals surface area contributed by atoms with Gasteiger partial charge in [-0.1, -0.05) is 0 Å². The van der Waals surface area contributed by atoms with Crippen LogP contribution in [-0.2, 0) is 30.0 Å². The molecule has 0 bridgehead atoms. The summed E-state index contributed by atoms with van der Waals surface area (Å²) in [4.78, 5) is 42.1. The molecule has 0 aromatic carbocycles. The van der Waals surface area contributed by atoms with Crippen LogP contribution in [0.1, 0.15) is 45.2 Å². The van der Waals surface area contributed by atoms with Gasteiger partial charge in [-0.2, -0.15) is 39.5 Å². The zero-order valence-electron chi connectivity index (χ0n) is 27.2. The number of anilines is 1. The number of ether oxygens (including phenoxy) is 2. The standard InChI is InChI=1S/C24H36F3N5O4.C2HF3O2.CHF3.CH2O2/c1-22(2,34)23(7-4-16(14-23)29-17-6-13-36-15-18(17)35-3)20(33)31-9-11-32(12-10-31)21-28-8-5-19(30-21)24(25,26)27;3-2(4,5)1(6)7;2-1(3)4;2-1-3/h5,8,16-18,29,34H,4,6-7,9-15H2,1-3H3;(H,6,7);1H;1H,(H,2,3)/t16-,17?,18?,23-;;;/m1.../s1. The predicted octanol–water partition coefficient (Wildman–Crippen LogP) is 3.36. The van der Waals surface area contributed by atoms with Crippen molar-refractivity contribution in [3.63, 3.8) is 0 Å². The lowest BCUT2D eigenvalue weighted by Gasteiger charge is -2.45. The van der Waals surface area contributed by atoms with Crippen molar-refractivity contribution in [2.45, 2.75) is 82.4 Å². The molecular weight excluding hydrogens is 705 g/mol. The highest BCUT2D eigenvalue weighted by molar-refractivity contribution is 5.85. The fourth-order valence-corrected chi connectivity index (χ4v) is 5.71. The second kappa shape index (κ2) is 19.2. The van der Waals surface area contributed by atoms with E-state index >= 15 is 0 Å². The summed E-state index contributed by atoms with van der Waals surface area (Å²) in [6.07, 6.45) is -5.97. The van der Waals surface area contributed by atoms with Crippen molar-refractivity contribution in [1.82, 2.24) is 20.2 Å². The van der Waals surface area contributed by atoms with E-state index in [0.717, 1.165) is 25.1 Å². The average molecular weight is 746 g/mol. The van der Waals surface area contributed by atoms with Crippen molar-refractivity contribution < 1.29 is 78.7 Å². The Balaban J connectivity index is 0.000000758. The maximum Gasteiger partial charge on any atom is 0.490 e. The predicted molar refractivity (Wildman–Crippen MR) is 155 cm³/mol. The number of rotatable bonds is 6. The molecule has 0 spiro atoms. The monoisotopic (exact) mass is 745 g/mol. The summed E-state index contributed by atoms with van der Waals surface area (Å²) in [6, 6.07) is 1.02. The minimum absolute atomic E-state index is 0.00316. The van der Waals surface area contributed by atoms with Gasteiger partial charge in [0.15, 0.2) is 0 Å². The molecule has 50 heavy (non-hydrogen) atoms. The van der Waals surface area contributed by atoms with Gasteiger partial charge >= 0.3 is 25.0 Å². The summed E-state index contributed by atoms with van der Waals surface area (Å²) in [5.41, 5.74) is -3.18. The van der Waals surface area contributed by atoms with Crippen LogP contribution in [0.2, 0.25) is 0 Å². The van der Waals surface area contributed by atoms with Crippen molar-refractivity contribution in [3.05, 3.63) is 18.0 Å².